The van der Waals surface area contributed by atoms with Gasteiger partial charge in [-0.1, -0.05) is 0 Å². The van der Waals surface area contributed by atoms with Gasteiger partial charge in [0.1, 0.15) is 6.04 Å². The fourth-order valence-corrected chi connectivity index (χ4v) is 4.00. The molecule has 2 saturated heterocycles. The summed E-state index contributed by atoms with van der Waals surface area (Å²) in [6, 6.07) is 2.23. The van der Waals surface area contributed by atoms with E-state index in [4.69, 9.17) is 0 Å². The number of fused-ring (bicyclic) bond motifs is 1. The fraction of sp³-hybridized carbons (Fsp3) is 0.417. The molecule has 0 bridgehead atoms. The van der Waals surface area contributed by atoms with Crippen molar-refractivity contribution in [2.75, 3.05) is 6.54 Å². The molecular weight excluding hydrogens is 296 g/mol. The summed E-state index contributed by atoms with van der Waals surface area (Å²) in [6.07, 6.45) is 3.80. The van der Waals surface area contributed by atoms with Crippen molar-refractivity contribution >= 4 is 22.0 Å². The maximum Gasteiger partial charge on any atom is 0.304 e. The molecule has 9 heteroatoms. The summed E-state index contributed by atoms with van der Waals surface area (Å²) in [5, 5.41) is 2.83. The number of aromatic nitrogens is 1. The van der Waals surface area contributed by atoms with Crippen molar-refractivity contribution in [3.8, 4) is 0 Å². The smallest absolute Gasteiger partial charge is 0.304 e. The van der Waals surface area contributed by atoms with Crippen LogP contribution >= 0.6 is 0 Å². The normalized spacial score (nSPS) is 27.7. The Hall–Kier alpha value is -2.00. The number of nitrogens with one attached hydrogen (secondary N) is 2. The second-order valence-electron chi connectivity index (χ2n) is 5.03. The second-order valence-corrected chi connectivity index (χ2v) is 6.65. The number of carbonyl (C=O) groups is 2. The Labute approximate surface area is 121 Å². The van der Waals surface area contributed by atoms with Crippen molar-refractivity contribution < 1.29 is 18.0 Å². The lowest BCUT2D eigenvalue weighted by atomic mass is 9.98. The zero-order valence-electron chi connectivity index (χ0n) is 11.0. The quantitative estimate of drug-likeness (QED) is 0.730. The highest BCUT2D eigenvalue weighted by Crippen LogP contribution is 2.25. The van der Waals surface area contributed by atoms with E-state index in [1.807, 2.05) is 4.72 Å². The first kappa shape index (κ1) is 14.0. The number of pyridine rings is 1. The predicted molar refractivity (Wildman–Crippen MR) is 72.3 cm³/mol. The summed E-state index contributed by atoms with van der Waals surface area (Å²) in [5.74, 6) is -0.782. The second kappa shape index (κ2) is 5.08. The van der Waals surface area contributed by atoms with E-state index in [1.165, 1.54) is 12.4 Å². The lowest BCUT2D eigenvalue weighted by Gasteiger charge is -2.31. The van der Waals surface area contributed by atoms with Crippen LogP contribution in [0, 0.1) is 0 Å². The highest BCUT2D eigenvalue weighted by Gasteiger charge is 2.47. The molecule has 21 heavy (non-hydrogen) atoms. The molecule has 0 aromatic carbocycles. The van der Waals surface area contributed by atoms with Gasteiger partial charge in [0.2, 0.25) is 0 Å². The molecule has 0 aliphatic carbocycles. The molecule has 3 heterocycles. The molecule has 3 rings (SSSR count). The van der Waals surface area contributed by atoms with Gasteiger partial charge in [-0.25, -0.2) is 4.72 Å². The van der Waals surface area contributed by atoms with Crippen LogP contribution in [0.1, 0.15) is 23.2 Å². The first-order valence-corrected chi connectivity index (χ1v) is 7.96. The van der Waals surface area contributed by atoms with E-state index in [2.05, 4.69) is 10.3 Å². The van der Waals surface area contributed by atoms with Crippen molar-refractivity contribution in [2.45, 2.75) is 24.9 Å². The fourth-order valence-electron chi connectivity index (χ4n) is 2.63. The highest BCUT2D eigenvalue weighted by molar-refractivity contribution is 7.88. The van der Waals surface area contributed by atoms with Gasteiger partial charge < -0.3 is 5.32 Å². The number of carbonyl (C=O) groups excluding carboxylic acids is 2. The molecule has 0 radical (unpaired) electrons. The summed E-state index contributed by atoms with van der Waals surface area (Å²) >= 11 is 0. The first-order valence-electron chi connectivity index (χ1n) is 6.52. The van der Waals surface area contributed by atoms with Crippen LogP contribution in [-0.2, 0) is 15.0 Å². The molecule has 2 aliphatic heterocycles. The molecule has 2 atom stereocenters. The molecule has 0 spiro atoms. The highest BCUT2D eigenvalue weighted by atomic mass is 32.2. The lowest BCUT2D eigenvalue weighted by Crippen LogP contribution is -2.49. The van der Waals surface area contributed by atoms with Gasteiger partial charge in [-0.2, -0.15) is 12.7 Å². The molecule has 1 aromatic rings. The first-order chi connectivity index (χ1) is 9.97. The van der Waals surface area contributed by atoms with Crippen LogP contribution in [0.4, 0.5) is 0 Å². The lowest BCUT2D eigenvalue weighted by molar-refractivity contribution is -0.122. The van der Waals surface area contributed by atoms with E-state index in [0.29, 0.717) is 12.0 Å². The third kappa shape index (κ3) is 2.61. The molecule has 2 fully saturated rings. The van der Waals surface area contributed by atoms with Crippen LogP contribution < -0.4 is 10.0 Å². The average molecular weight is 310 g/mol. The SMILES string of the molecule is O=C(NC1CCN2C(C1)C(=O)NS2(=O)=O)c1ccncc1. The van der Waals surface area contributed by atoms with Crippen molar-refractivity contribution in [3.05, 3.63) is 30.1 Å². The monoisotopic (exact) mass is 310 g/mol. The molecule has 2 N–H and O–H groups in total. The van der Waals surface area contributed by atoms with Crippen LogP contribution in [0.15, 0.2) is 24.5 Å². The van der Waals surface area contributed by atoms with Crippen LogP contribution in [0.3, 0.4) is 0 Å². The van der Waals surface area contributed by atoms with E-state index in [9.17, 15) is 18.0 Å². The van der Waals surface area contributed by atoms with Gasteiger partial charge >= 0.3 is 10.2 Å². The Bertz CT molecular complexity index is 676. The van der Waals surface area contributed by atoms with E-state index in [0.717, 1.165) is 4.31 Å². The van der Waals surface area contributed by atoms with Crippen molar-refractivity contribution in [2.24, 2.45) is 0 Å². The number of hydrogen-bond donors (Lipinski definition) is 2. The van der Waals surface area contributed by atoms with E-state index >= 15 is 0 Å². The van der Waals surface area contributed by atoms with Crippen LogP contribution in [-0.4, -0.2) is 48.1 Å². The summed E-state index contributed by atoms with van der Waals surface area (Å²) < 4.78 is 26.4. The third-order valence-electron chi connectivity index (χ3n) is 3.67. The zero-order chi connectivity index (χ0) is 15.0. The summed E-state index contributed by atoms with van der Waals surface area (Å²) in [7, 11) is -3.69. The standard InChI is InChI=1S/C12H14N4O4S/c17-11(8-1-4-13-5-2-8)14-9-3-6-16-10(7-9)12(18)15-21(16,19)20/h1-2,4-5,9-10H,3,6-7H2,(H,14,17)(H,15,18). The number of nitrogens with zero attached hydrogens (tertiary/aromatic N) is 2. The number of hydrogen-bond acceptors (Lipinski definition) is 5. The van der Waals surface area contributed by atoms with Crippen molar-refractivity contribution in [3.63, 3.8) is 0 Å². The molecule has 0 saturated carbocycles. The van der Waals surface area contributed by atoms with Gasteiger partial charge in [0.25, 0.3) is 11.8 Å². The minimum atomic E-state index is -3.69. The summed E-state index contributed by atoms with van der Waals surface area (Å²) in [5.41, 5.74) is 0.482. The van der Waals surface area contributed by atoms with E-state index in [-0.39, 0.29) is 24.9 Å². The average Bonchev–Trinajstić information content (AvgIpc) is 2.69. The maximum absolute atomic E-state index is 12.0. The summed E-state index contributed by atoms with van der Waals surface area (Å²) in [4.78, 5) is 27.6. The number of amides is 2. The molecule has 2 amide bonds. The maximum atomic E-state index is 12.0. The Morgan fingerprint density at radius 3 is 2.81 bits per heavy atom. The van der Waals surface area contributed by atoms with Crippen LogP contribution in [0.25, 0.3) is 0 Å². The molecule has 112 valence electrons. The Morgan fingerprint density at radius 2 is 2.10 bits per heavy atom. The minimum Gasteiger partial charge on any atom is -0.349 e. The Morgan fingerprint density at radius 1 is 1.38 bits per heavy atom. The topological polar surface area (TPSA) is 108 Å². The van der Waals surface area contributed by atoms with Gasteiger partial charge in [0, 0.05) is 30.5 Å². The van der Waals surface area contributed by atoms with Crippen LogP contribution in [0.2, 0.25) is 0 Å². The molecule has 2 aliphatic rings. The molecule has 1 aromatic heterocycles. The van der Waals surface area contributed by atoms with Gasteiger partial charge in [-0.15, -0.1) is 0 Å². The largest absolute Gasteiger partial charge is 0.349 e. The zero-order valence-corrected chi connectivity index (χ0v) is 11.8. The number of piperidine rings is 1. The van der Waals surface area contributed by atoms with Crippen molar-refractivity contribution in [1.29, 1.82) is 0 Å². The molecule has 8 nitrogen and oxygen atoms in total. The summed E-state index contributed by atoms with van der Waals surface area (Å²) in [6.45, 7) is 0.215. The van der Waals surface area contributed by atoms with Gasteiger partial charge in [-0.05, 0) is 25.0 Å². The van der Waals surface area contributed by atoms with Gasteiger partial charge in [0.05, 0.1) is 0 Å². The Kier molecular flexibility index (Phi) is 3.38. The third-order valence-corrected chi connectivity index (χ3v) is 5.19. The molecular formula is C12H14N4O4S. The van der Waals surface area contributed by atoms with Crippen LogP contribution in [0.5, 0.6) is 0 Å². The van der Waals surface area contributed by atoms with Crippen molar-refractivity contribution in [1.82, 2.24) is 19.3 Å². The van der Waals surface area contributed by atoms with Gasteiger partial charge in [0.15, 0.2) is 0 Å². The minimum absolute atomic E-state index is 0.215. The number of rotatable bonds is 2. The predicted octanol–water partition coefficient (Wildman–Crippen LogP) is -0.981. The van der Waals surface area contributed by atoms with Gasteiger partial charge in [-0.3, -0.25) is 14.6 Å². The van der Waals surface area contributed by atoms with E-state index < -0.39 is 22.2 Å². The Balaban J connectivity index is 1.68. The molecule has 2 unspecified atom stereocenters. The van der Waals surface area contributed by atoms with E-state index in [1.54, 1.807) is 12.1 Å².